The van der Waals surface area contributed by atoms with Crippen LogP contribution in [0.3, 0.4) is 0 Å². The summed E-state index contributed by atoms with van der Waals surface area (Å²) < 4.78 is 35.4. The molecule has 5 N–H and O–H groups in total. The smallest absolute Gasteiger partial charge is 0.238 e. The molecule has 0 saturated carbocycles. The topological polar surface area (TPSA) is 113 Å². The van der Waals surface area contributed by atoms with E-state index in [1.54, 1.807) is 0 Å². The van der Waals surface area contributed by atoms with Gasteiger partial charge in [0.05, 0.1) is 29.8 Å². The maximum atomic E-state index is 13.5. The predicted molar refractivity (Wildman–Crippen MR) is 59.4 cm³/mol. The number of nitrogens with one attached hydrogen (secondary N) is 1. The van der Waals surface area contributed by atoms with Gasteiger partial charge in [-0.2, -0.15) is 0 Å². The summed E-state index contributed by atoms with van der Waals surface area (Å²) in [7, 11) is -3.95. The summed E-state index contributed by atoms with van der Waals surface area (Å²) >= 11 is 0. The number of anilines is 1. The summed E-state index contributed by atoms with van der Waals surface area (Å²) in [5.74, 6) is -0.830. The quantitative estimate of drug-likeness (QED) is 0.558. The lowest BCUT2D eigenvalue weighted by atomic mass is 10.2. The minimum Gasteiger partial charge on any atom is -0.394 e. The second kappa shape index (κ2) is 5.41. The Balaban J connectivity index is 2.98. The zero-order chi connectivity index (χ0) is 13.1. The molecule has 1 rings (SSSR count). The monoisotopic (exact) mass is 264 g/mol. The molecule has 0 aliphatic heterocycles. The van der Waals surface area contributed by atoms with Gasteiger partial charge in [0.15, 0.2) is 0 Å². The van der Waals surface area contributed by atoms with Crippen LogP contribution in [-0.2, 0) is 10.0 Å². The fraction of sp³-hybridized carbons (Fsp3) is 0.333. The molecule has 1 aromatic carbocycles. The molecule has 0 aliphatic rings. The summed E-state index contributed by atoms with van der Waals surface area (Å²) in [4.78, 5) is -0.343. The molecule has 0 aromatic heterocycles. The number of hydrogen-bond donors (Lipinski definition) is 4. The van der Waals surface area contributed by atoms with Gasteiger partial charge in [-0.1, -0.05) is 0 Å². The van der Waals surface area contributed by atoms with Gasteiger partial charge in [-0.05, 0) is 18.2 Å². The average Bonchev–Trinajstić information content (AvgIpc) is 2.26. The minimum atomic E-state index is -3.95. The third-order valence-corrected chi connectivity index (χ3v) is 2.98. The first kappa shape index (κ1) is 13.8. The summed E-state index contributed by atoms with van der Waals surface area (Å²) in [6.45, 7) is -0.764. The molecule has 96 valence electrons. The molecule has 0 spiro atoms. The average molecular weight is 264 g/mol. The highest BCUT2D eigenvalue weighted by Crippen LogP contribution is 2.18. The lowest BCUT2D eigenvalue weighted by Crippen LogP contribution is -2.28. The van der Waals surface area contributed by atoms with Gasteiger partial charge in [-0.25, -0.2) is 17.9 Å². The van der Waals surface area contributed by atoms with E-state index in [4.69, 9.17) is 15.4 Å². The maximum Gasteiger partial charge on any atom is 0.238 e. The number of nitrogens with two attached hydrogens (primary N) is 1. The SMILES string of the molecule is NS(=O)(=O)c1ccc(NC(CO)CO)c(F)c1. The Bertz CT molecular complexity index is 488. The van der Waals surface area contributed by atoms with Crippen molar-refractivity contribution in [1.29, 1.82) is 0 Å². The first-order chi connectivity index (χ1) is 7.88. The second-order valence-corrected chi connectivity index (χ2v) is 4.95. The number of hydrogen-bond acceptors (Lipinski definition) is 5. The van der Waals surface area contributed by atoms with E-state index in [1.165, 1.54) is 6.07 Å². The number of rotatable bonds is 5. The normalized spacial score (nSPS) is 11.8. The van der Waals surface area contributed by atoms with Crippen molar-refractivity contribution < 1.29 is 23.0 Å². The van der Waals surface area contributed by atoms with Crippen molar-refractivity contribution in [2.45, 2.75) is 10.9 Å². The van der Waals surface area contributed by atoms with Gasteiger partial charge in [-0.15, -0.1) is 0 Å². The van der Waals surface area contributed by atoms with E-state index < -0.39 is 21.9 Å². The Morgan fingerprint density at radius 1 is 1.35 bits per heavy atom. The predicted octanol–water partition coefficient (Wildman–Crippen LogP) is -0.762. The van der Waals surface area contributed by atoms with E-state index in [9.17, 15) is 12.8 Å². The number of benzene rings is 1. The molecular weight excluding hydrogens is 251 g/mol. The molecule has 0 unspecified atom stereocenters. The molecule has 17 heavy (non-hydrogen) atoms. The van der Waals surface area contributed by atoms with Crippen LogP contribution in [0.5, 0.6) is 0 Å². The van der Waals surface area contributed by atoms with Crippen LogP contribution in [0.25, 0.3) is 0 Å². The Labute approximate surface area is 97.9 Å². The number of halogens is 1. The molecule has 0 amide bonds. The largest absolute Gasteiger partial charge is 0.394 e. The highest BCUT2D eigenvalue weighted by atomic mass is 32.2. The van der Waals surface area contributed by atoms with Gasteiger partial charge in [0.25, 0.3) is 0 Å². The van der Waals surface area contributed by atoms with Crippen molar-refractivity contribution in [2.75, 3.05) is 18.5 Å². The highest BCUT2D eigenvalue weighted by Gasteiger charge is 2.13. The molecule has 0 saturated heterocycles. The van der Waals surface area contributed by atoms with Crippen LogP contribution in [0.4, 0.5) is 10.1 Å². The Kier molecular flexibility index (Phi) is 4.40. The van der Waals surface area contributed by atoms with Crippen molar-refractivity contribution in [1.82, 2.24) is 0 Å². The second-order valence-electron chi connectivity index (χ2n) is 3.39. The van der Waals surface area contributed by atoms with E-state index in [2.05, 4.69) is 5.32 Å². The van der Waals surface area contributed by atoms with Crippen molar-refractivity contribution in [3.63, 3.8) is 0 Å². The molecule has 0 atom stereocenters. The summed E-state index contributed by atoms with van der Waals surface area (Å²) in [6, 6.07) is 2.36. The molecule has 0 aliphatic carbocycles. The fourth-order valence-electron chi connectivity index (χ4n) is 1.16. The Morgan fingerprint density at radius 2 is 1.94 bits per heavy atom. The zero-order valence-electron chi connectivity index (χ0n) is 8.80. The number of aliphatic hydroxyl groups excluding tert-OH is 2. The minimum absolute atomic E-state index is 0.0227. The van der Waals surface area contributed by atoms with Gasteiger partial charge in [0.1, 0.15) is 5.82 Å². The van der Waals surface area contributed by atoms with Gasteiger partial charge < -0.3 is 15.5 Å². The van der Waals surface area contributed by atoms with Crippen LogP contribution in [0.15, 0.2) is 23.1 Å². The van der Waals surface area contributed by atoms with E-state index in [0.717, 1.165) is 12.1 Å². The lowest BCUT2D eigenvalue weighted by molar-refractivity contribution is 0.203. The summed E-state index contributed by atoms with van der Waals surface area (Å²) in [5, 5.41) is 25.0. The molecule has 0 radical (unpaired) electrons. The first-order valence-electron chi connectivity index (χ1n) is 4.69. The third-order valence-electron chi connectivity index (χ3n) is 2.07. The summed E-state index contributed by atoms with van der Waals surface area (Å²) in [6.07, 6.45) is 0. The summed E-state index contributed by atoms with van der Waals surface area (Å²) in [5.41, 5.74) is -0.0227. The highest BCUT2D eigenvalue weighted by molar-refractivity contribution is 7.89. The van der Waals surface area contributed by atoms with Gasteiger partial charge >= 0.3 is 0 Å². The molecule has 8 heteroatoms. The van der Waals surface area contributed by atoms with Crippen LogP contribution < -0.4 is 10.5 Å². The van der Waals surface area contributed by atoms with E-state index >= 15 is 0 Å². The first-order valence-corrected chi connectivity index (χ1v) is 6.23. The molecule has 1 aromatic rings. The Hall–Kier alpha value is -1.22. The molecule has 0 fully saturated rings. The molecule has 0 heterocycles. The molecular formula is C9H13FN2O4S. The van der Waals surface area contributed by atoms with E-state index in [1.807, 2.05) is 0 Å². The number of aliphatic hydroxyl groups is 2. The molecule has 6 nitrogen and oxygen atoms in total. The third kappa shape index (κ3) is 3.63. The van der Waals surface area contributed by atoms with Gasteiger partial charge in [-0.3, -0.25) is 0 Å². The maximum absolute atomic E-state index is 13.5. The molecule has 0 bridgehead atoms. The van der Waals surface area contributed by atoms with E-state index in [-0.39, 0.29) is 23.8 Å². The van der Waals surface area contributed by atoms with E-state index in [0.29, 0.717) is 0 Å². The van der Waals surface area contributed by atoms with Gasteiger partial charge in [0, 0.05) is 0 Å². The van der Waals surface area contributed by atoms with Gasteiger partial charge in [0.2, 0.25) is 10.0 Å². The Morgan fingerprint density at radius 3 is 2.35 bits per heavy atom. The van der Waals surface area contributed by atoms with Crippen molar-refractivity contribution in [3.8, 4) is 0 Å². The van der Waals surface area contributed by atoms with Crippen LogP contribution in [0.1, 0.15) is 0 Å². The van der Waals surface area contributed by atoms with Crippen LogP contribution in [0, 0.1) is 5.82 Å². The number of sulfonamides is 1. The van der Waals surface area contributed by atoms with Crippen LogP contribution >= 0.6 is 0 Å². The van der Waals surface area contributed by atoms with Crippen LogP contribution in [-0.4, -0.2) is 37.9 Å². The van der Waals surface area contributed by atoms with Crippen molar-refractivity contribution >= 4 is 15.7 Å². The number of primary sulfonamides is 1. The van der Waals surface area contributed by atoms with Crippen molar-refractivity contribution in [3.05, 3.63) is 24.0 Å². The lowest BCUT2D eigenvalue weighted by Gasteiger charge is -2.15. The fourth-order valence-corrected chi connectivity index (χ4v) is 1.68. The zero-order valence-corrected chi connectivity index (χ0v) is 9.61. The van der Waals surface area contributed by atoms with Crippen LogP contribution in [0.2, 0.25) is 0 Å². The standard InChI is InChI=1S/C9H13FN2O4S/c10-8-3-7(17(11,15)16)1-2-9(8)12-6(4-13)5-14/h1-3,6,12-14H,4-5H2,(H2,11,15,16). The van der Waals surface area contributed by atoms with Crippen molar-refractivity contribution in [2.24, 2.45) is 5.14 Å².